The Kier molecular flexibility index (Phi) is 10.3. The second kappa shape index (κ2) is 14.0. The number of hydrogen-bond donors (Lipinski definition) is 2. The van der Waals surface area contributed by atoms with Crippen molar-refractivity contribution in [3.05, 3.63) is 76.1 Å². The highest BCUT2D eigenvalue weighted by Crippen LogP contribution is 2.27. The predicted octanol–water partition coefficient (Wildman–Crippen LogP) is 4.76. The topological polar surface area (TPSA) is 137 Å². The molecule has 2 N–H and O–H groups in total. The number of halogens is 7. The van der Waals surface area contributed by atoms with E-state index in [0.717, 1.165) is 47.3 Å². The lowest BCUT2D eigenvalue weighted by Gasteiger charge is -2.10. The zero-order valence-corrected chi connectivity index (χ0v) is 23.9. The summed E-state index contributed by atoms with van der Waals surface area (Å²) < 4.78 is 97.3. The largest absolute Gasteiger partial charge is 0.573 e. The molecule has 11 nitrogen and oxygen atoms in total. The molecule has 1 unspecified atom stereocenters. The van der Waals surface area contributed by atoms with Crippen LogP contribution in [0.4, 0.5) is 35.9 Å². The molecule has 0 aliphatic rings. The van der Waals surface area contributed by atoms with Crippen LogP contribution in [0.2, 0.25) is 0 Å². The average Bonchev–Trinajstić information content (AvgIpc) is 3.61. The van der Waals surface area contributed by atoms with E-state index in [1.54, 1.807) is 0 Å². The Bertz CT molecular complexity index is 1620. The van der Waals surface area contributed by atoms with Crippen molar-refractivity contribution in [2.45, 2.75) is 57.7 Å². The van der Waals surface area contributed by atoms with Crippen LogP contribution in [-0.2, 0) is 36.6 Å². The van der Waals surface area contributed by atoms with Gasteiger partial charge >= 0.3 is 6.36 Å². The van der Waals surface area contributed by atoms with Crippen molar-refractivity contribution < 1.29 is 45.1 Å². The third kappa shape index (κ3) is 10.2. The second-order valence-electron chi connectivity index (χ2n) is 9.60. The Morgan fingerprint density at radius 1 is 1.09 bits per heavy atom. The number of amides is 2. The summed E-state index contributed by atoms with van der Waals surface area (Å²) in [7, 11) is 0. The minimum Gasteiger partial charge on any atom is -0.406 e. The van der Waals surface area contributed by atoms with E-state index in [2.05, 4.69) is 40.9 Å². The summed E-state index contributed by atoms with van der Waals surface area (Å²) in [6.45, 7) is 0.450. The smallest absolute Gasteiger partial charge is 0.406 e. The summed E-state index contributed by atoms with van der Waals surface area (Å²) in [6, 6.07) is 4.85. The molecule has 3 heterocycles. The van der Waals surface area contributed by atoms with Crippen molar-refractivity contribution in [3.8, 4) is 5.75 Å². The molecule has 0 fully saturated rings. The molecular weight excluding hydrogens is 637 g/mol. The summed E-state index contributed by atoms with van der Waals surface area (Å²) in [6.07, 6.45) is -4.67. The van der Waals surface area contributed by atoms with Gasteiger partial charge in [0.1, 0.15) is 22.7 Å². The number of aryl methyl sites for hydroxylation is 1. The first-order valence-electron chi connectivity index (χ1n) is 13.0. The zero-order valence-electron chi connectivity index (χ0n) is 23.1. The molecule has 45 heavy (non-hydrogen) atoms. The Hall–Kier alpha value is -4.68. The molecule has 0 saturated carbocycles. The van der Waals surface area contributed by atoms with Crippen LogP contribution in [0.15, 0.2) is 42.7 Å². The van der Waals surface area contributed by atoms with Gasteiger partial charge in [-0.15, -0.1) is 28.5 Å². The van der Waals surface area contributed by atoms with Crippen molar-refractivity contribution in [2.75, 3.05) is 5.32 Å². The standard InChI is InChI=1S/C26H23F7N8O3S/c1-25(29,30)15-2-4-17(34-10-15)11-35-23(43)20-13-41(40-37-20)12-16(27)3-7-22-38-39-24(45-22)36-21(42)9-14-8-18(5-6-19(14)28)44-26(31,32)33/h2,4-6,8,10,13,16H,3,7,9,11-12H2,1H3,(H,35,43)(H,36,39,42). The summed E-state index contributed by atoms with van der Waals surface area (Å²) in [4.78, 5) is 28.5. The number of carbonyl (C=O) groups is 2. The van der Waals surface area contributed by atoms with Crippen LogP contribution in [0.25, 0.3) is 0 Å². The first-order valence-corrected chi connectivity index (χ1v) is 13.8. The van der Waals surface area contributed by atoms with Gasteiger partial charge in [0, 0.05) is 30.7 Å². The third-order valence-corrected chi connectivity index (χ3v) is 6.80. The molecule has 0 spiro atoms. The van der Waals surface area contributed by atoms with Gasteiger partial charge in [-0.1, -0.05) is 16.6 Å². The number of hydrogen-bond acceptors (Lipinski definition) is 9. The number of aromatic nitrogens is 6. The number of anilines is 1. The number of ether oxygens (including phenoxy) is 1. The zero-order chi connectivity index (χ0) is 32.8. The number of alkyl halides is 6. The summed E-state index contributed by atoms with van der Waals surface area (Å²) in [5.41, 5.74) is -0.353. The lowest BCUT2D eigenvalue weighted by Crippen LogP contribution is -2.24. The van der Waals surface area contributed by atoms with E-state index in [0.29, 0.717) is 10.7 Å². The first-order chi connectivity index (χ1) is 21.1. The van der Waals surface area contributed by atoms with Gasteiger partial charge in [0.05, 0.1) is 31.4 Å². The molecule has 4 rings (SSSR count). The van der Waals surface area contributed by atoms with Crippen molar-refractivity contribution in [1.82, 2.24) is 35.5 Å². The minimum absolute atomic E-state index is 0.0230. The van der Waals surface area contributed by atoms with Gasteiger partial charge < -0.3 is 15.4 Å². The number of benzene rings is 1. The lowest BCUT2D eigenvalue weighted by atomic mass is 10.1. The Morgan fingerprint density at radius 3 is 2.56 bits per heavy atom. The van der Waals surface area contributed by atoms with Gasteiger partial charge in [0.25, 0.3) is 11.8 Å². The van der Waals surface area contributed by atoms with E-state index < -0.39 is 48.3 Å². The normalized spacial score (nSPS) is 12.5. The van der Waals surface area contributed by atoms with Gasteiger partial charge in [-0.3, -0.25) is 14.6 Å². The number of rotatable bonds is 13. The van der Waals surface area contributed by atoms with Crippen LogP contribution >= 0.6 is 11.3 Å². The molecule has 2 amide bonds. The van der Waals surface area contributed by atoms with E-state index in [4.69, 9.17) is 0 Å². The Morgan fingerprint density at radius 2 is 1.87 bits per heavy atom. The maximum atomic E-state index is 14.6. The molecule has 0 saturated heterocycles. The van der Waals surface area contributed by atoms with E-state index in [-0.39, 0.29) is 47.9 Å². The Labute approximate surface area is 253 Å². The van der Waals surface area contributed by atoms with Gasteiger partial charge in [-0.25, -0.2) is 22.2 Å². The highest BCUT2D eigenvalue weighted by Gasteiger charge is 2.31. The summed E-state index contributed by atoms with van der Waals surface area (Å²) in [5.74, 6) is -6.02. The van der Waals surface area contributed by atoms with Crippen molar-refractivity contribution in [1.29, 1.82) is 0 Å². The van der Waals surface area contributed by atoms with Gasteiger partial charge in [-0.05, 0) is 36.8 Å². The van der Waals surface area contributed by atoms with Crippen molar-refractivity contribution >= 4 is 28.3 Å². The molecule has 240 valence electrons. The number of pyridine rings is 1. The number of nitrogens with one attached hydrogen (secondary N) is 2. The molecule has 19 heteroatoms. The molecule has 0 aliphatic heterocycles. The van der Waals surface area contributed by atoms with Crippen LogP contribution in [0.1, 0.15) is 45.7 Å². The number of nitrogens with zero attached hydrogens (tertiary/aromatic N) is 6. The molecule has 1 atom stereocenters. The molecule has 3 aromatic heterocycles. The Balaban J connectivity index is 1.21. The quantitative estimate of drug-likeness (QED) is 0.196. The minimum atomic E-state index is -4.98. The van der Waals surface area contributed by atoms with Crippen molar-refractivity contribution in [3.63, 3.8) is 0 Å². The fourth-order valence-electron chi connectivity index (χ4n) is 3.74. The molecule has 4 aromatic rings. The van der Waals surface area contributed by atoms with Crippen LogP contribution < -0.4 is 15.4 Å². The summed E-state index contributed by atoms with van der Waals surface area (Å²) in [5, 5.41) is 20.3. The van der Waals surface area contributed by atoms with Crippen molar-refractivity contribution in [2.24, 2.45) is 0 Å². The van der Waals surface area contributed by atoms with Gasteiger partial charge in [0.2, 0.25) is 11.0 Å². The maximum absolute atomic E-state index is 14.6. The van der Waals surface area contributed by atoms with Crippen LogP contribution in [0.5, 0.6) is 5.75 Å². The highest BCUT2D eigenvalue weighted by molar-refractivity contribution is 7.15. The van der Waals surface area contributed by atoms with E-state index >= 15 is 0 Å². The lowest BCUT2D eigenvalue weighted by molar-refractivity contribution is -0.274. The molecule has 1 aromatic carbocycles. The second-order valence-corrected chi connectivity index (χ2v) is 10.7. The van der Waals surface area contributed by atoms with E-state index in [9.17, 15) is 40.3 Å². The maximum Gasteiger partial charge on any atom is 0.573 e. The highest BCUT2D eigenvalue weighted by atomic mass is 32.1. The average molecular weight is 661 g/mol. The first kappa shape index (κ1) is 33.2. The van der Waals surface area contributed by atoms with Gasteiger partial charge in [-0.2, -0.15) is 0 Å². The predicted molar refractivity (Wildman–Crippen MR) is 144 cm³/mol. The molecular formula is C26H23F7N8O3S. The summed E-state index contributed by atoms with van der Waals surface area (Å²) >= 11 is 0.931. The fraction of sp³-hybridized carbons (Fsp3) is 0.346. The molecule has 0 radical (unpaired) electrons. The van der Waals surface area contributed by atoms with Crippen LogP contribution in [-0.4, -0.2) is 54.5 Å². The third-order valence-electron chi connectivity index (χ3n) is 5.90. The van der Waals surface area contributed by atoms with Crippen LogP contribution in [0, 0.1) is 5.82 Å². The van der Waals surface area contributed by atoms with E-state index in [1.165, 1.54) is 18.3 Å². The van der Waals surface area contributed by atoms with Crippen LogP contribution in [0.3, 0.4) is 0 Å². The number of carbonyl (C=O) groups excluding carboxylic acids is 2. The molecule has 0 aliphatic carbocycles. The molecule has 0 bridgehead atoms. The fourth-order valence-corrected chi connectivity index (χ4v) is 4.51. The monoisotopic (exact) mass is 660 g/mol. The SMILES string of the molecule is CC(F)(F)c1ccc(CNC(=O)c2cn(CC(F)CCc3nnc(NC(=O)Cc4cc(OC(F)(F)F)ccc4F)s3)nn2)nc1. The van der Waals surface area contributed by atoms with Gasteiger partial charge in [0.15, 0.2) is 5.69 Å². The van der Waals surface area contributed by atoms with E-state index in [1.807, 2.05) is 0 Å².